The molecule has 0 unspecified atom stereocenters. The van der Waals surface area contributed by atoms with Crippen LogP contribution in [0, 0.1) is 6.92 Å². The Bertz CT molecular complexity index is 434. The van der Waals surface area contributed by atoms with Gasteiger partial charge < -0.3 is 14.6 Å². The van der Waals surface area contributed by atoms with Gasteiger partial charge in [0, 0.05) is 18.8 Å². The Morgan fingerprint density at radius 2 is 2.00 bits per heavy atom. The fraction of sp³-hybridized carbons (Fsp3) is 0.615. The SMILES string of the molecule is Cc1c(O)c(=O)ccn1CCCN1CCCC1. The van der Waals surface area contributed by atoms with Crippen LogP contribution in [0.5, 0.6) is 5.75 Å². The number of pyridine rings is 1. The molecule has 0 aromatic carbocycles. The molecule has 17 heavy (non-hydrogen) atoms. The number of rotatable bonds is 4. The molecule has 2 heterocycles. The summed E-state index contributed by atoms with van der Waals surface area (Å²) in [5, 5.41) is 9.55. The van der Waals surface area contributed by atoms with Crippen LogP contribution in [0.15, 0.2) is 17.1 Å². The largest absolute Gasteiger partial charge is 0.503 e. The predicted molar refractivity (Wildman–Crippen MR) is 67.4 cm³/mol. The topological polar surface area (TPSA) is 45.5 Å². The standard InChI is InChI=1S/C13H20N2O2/c1-11-13(17)12(16)5-10-15(11)9-4-8-14-6-2-3-7-14/h5,10,17H,2-4,6-9H2,1H3. The van der Waals surface area contributed by atoms with Gasteiger partial charge in [-0.3, -0.25) is 4.79 Å². The molecule has 94 valence electrons. The maximum atomic E-state index is 11.2. The maximum absolute atomic E-state index is 11.2. The van der Waals surface area contributed by atoms with Crippen molar-refractivity contribution in [3.63, 3.8) is 0 Å². The second kappa shape index (κ2) is 5.36. The van der Waals surface area contributed by atoms with E-state index in [9.17, 15) is 9.90 Å². The molecule has 0 radical (unpaired) electrons. The Kier molecular flexibility index (Phi) is 3.84. The summed E-state index contributed by atoms with van der Waals surface area (Å²) in [6.07, 6.45) is 5.46. The van der Waals surface area contributed by atoms with Gasteiger partial charge in [0.15, 0.2) is 5.75 Å². The van der Waals surface area contributed by atoms with Crippen LogP contribution in [-0.2, 0) is 6.54 Å². The molecule has 0 amide bonds. The van der Waals surface area contributed by atoms with E-state index in [1.165, 1.54) is 32.0 Å². The molecule has 1 fully saturated rings. The zero-order valence-corrected chi connectivity index (χ0v) is 10.4. The van der Waals surface area contributed by atoms with Gasteiger partial charge in [0.25, 0.3) is 0 Å². The Morgan fingerprint density at radius 1 is 1.29 bits per heavy atom. The van der Waals surface area contributed by atoms with Gasteiger partial charge in [-0.1, -0.05) is 0 Å². The van der Waals surface area contributed by atoms with Crippen LogP contribution in [0.4, 0.5) is 0 Å². The Morgan fingerprint density at radius 3 is 2.71 bits per heavy atom. The Hall–Kier alpha value is -1.29. The summed E-state index contributed by atoms with van der Waals surface area (Å²) >= 11 is 0. The van der Waals surface area contributed by atoms with Gasteiger partial charge in [0.1, 0.15) is 0 Å². The minimum absolute atomic E-state index is 0.117. The molecule has 0 atom stereocenters. The van der Waals surface area contributed by atoms with E-state index in [0.717, 1.165) is 19.5 Å². The second-order valence-electron chi connectivity index (χ2n) is 4.71. The van der Waals surface area contributed by atoms with Crippen LogP contribution in [0.2, 0.25) is 0 Å². The van der Waals surface area contributed by atoms with Crippen LogP contribution >= 0.6 is 0 Å². The molecular formula is C13H20N2O2. The summed E-state index contributed by atoms with van der Waals surface area (Å²) < 4.78 is 1.95. The first kappa shape index (κ1) is 12.2. The molecule has 1 aliphatic heterocycles. The molecule has 0 bridgehead atoms. The highest BCUT2D eigenvalue weighted by atomic mass is 16.3. The molecule has 1 aliphatic rings. The lowest BCUT2D eigenvalue weighted by Crippen LogP contribution is -2.22. The molecule has 2 rings (SSSR count). The Balaban J connectivity index is 1.90. The maximum Gasteiger partial charge on any atom is 0.223 e. The van der Waals surface area contributed by atoms with E-state index in [1.54, 1.807) is 13.1 Å². The van der Waals surface area contributed by atoms with Crippen LogP contribution in [0.25, 0.3) is 0 Å². The summed E-state index contributed by atoms with van der Waals surface area (Å²) in [4.78, 5) is 13.7. The van der Waals surface area contributed by atoms with Crippen molar-refractivity contribution in [3.05, 3.63) is 28.2 Å². The molecular weight excluding hydrogens is 216 g/mol. The third-order valence-corrected chi connectivity index (χ3v) is 3.48. The van der Waals surface area contributed by atoms with Gasteiger partial charge in [0.05, 0.1) is 5.69 Å². The van der Waals surface area contributed by atoms with Gasteiger partial charge in [0.2, 0.25) is 5.43 Å². The number of aromatic nitrogens is 1. The van der Waals surface area contributed by atoms with Crippen molar-refractivity contribution in [3.8, 4) is 5.75 Å². The average Bonchev–Trinajstić information content (AvgIpc) is 2.82. The van der Waals surface area contributed by atoms with E-state index in [1.807, 2.05) is 4.57 Å². The van der Waals surface area contributed by atoms with Crippen LogP contribution in [0.3, 0.4) is 0 Å². The fourth-order valence-corrected chi connectivity index (χ4v) is 2.38. The zero-order valence-electron chi connectivity index (χ0n) is 10.4. The lowest BCUT2D eigenvalue weighted by atomic mass is 10.3. The molecule has 0 spiro atoms. The van der Waals surface area contributed by atoms with E-state index in [4.69, 9.17) is 0 Å². The number of nitrogens with zero attached hydrogens (tertiary/aromatic N) is 2. The minimum Gasteiger partial charge on any atom is -0.503 e. The fourth-order valence-electron chi connectivity index (χ4n) is 2.38. The molecule has 1 aromatic rings. The van der Waals surface area contributed by atoms with Crippen molar-refractivity contribution in [1.29, 1.82) is 0 Å². The monoisotopic (exact) mass is 236 g/mol. The molecule has 4 heteroatoms. The summed E-state index contributed by atoms with van der Waals surface area (Å²) in [5.74, 6) is -0.117. The highest BCUT2D eigenvalue weighted by Crippen LogP contribution is 2.11. The van der Waals surface area contributed by atoms with Gasteiger partial charge in [-0.15, -0.1) is 0 Å². The third kappa shape index (κ3) is 2.88. The molecule has 0 aliphatic carbocycles. The van der Waals surface area contributed by atoms with Crippen molar-refractivity contribution < 1.29 is 5.11 Å². The normalized spacial score (nSPS) is 16.5. The number of likely N-dealkylation sites (tertiary alicyclic amines) is 1. The van der Waals surface area contributed by atoms with E-state index in [2.05, 4.69) is 4.90 Å². The van der Waals surface area contributed by atoms with Crippen LogP contribution in [-0.4, -0.2) is 34.2 Å². The van der Waals surface area contributed by atoms with E-state index in [0.29, 0.717) is 5.69 Å². The molecule has 1 N–H and O–H groups in total. The summed E-state index contributed by atoms with van der Waals surface area (Å²) in [6, 6.07) is 1.43. The number of aromatic hydroxyl groups is 1. The van der Waals surface area contributed by atoms with E-state index < -0.39 is 0 Å². The van der Waals surface area contributed by atoms with Gasteiger partial charge in [-0.25, -0.2) is 0 Å². The zero-order chi connectivity index (χ0) is 12.3. The molecule has 1 saturated heterocycles. The molecule has 0 saturated carbocycles. The van der Waals surface area contributed by atoms with Crippen LogP contribution in [0.1, 0.15) is 25.0 Å². The van der Waals surface area contributed by atoms with Crippen molar-refractivity contribution in [2.45, 2.75) is 32.7 Å². The number of hydrogen-bond acceptors (Lipinski definition) is 3. The lowest BCUT2D eigenvalue weighted by molar-refractivity contribution is 0.324. The van der Waals surface area contributed by atoms with Gasteiger partial charge in [-0.05, 0) is 45.8 Å². The van der Waals surface area contributed by atoms with Gasteiger partial charge in [-0.2, -0.15) is 0 Å². The highest BCUT2D eigenvalue weighted by molar-refractivity contribution is 5.25. The van der Waals surface area contributed by atoms with Gasteiger partial charge >= 0.3 is 0 Å². The summed E-state index contributed by atoms with van der Waals surface area (Å²) in [7, 11) is 0. The Labute approximate surface area is 101 Å². The van der Waals surface area contributed by atoms with Crippen molar-refractivity contribution in [2.24, 2.45) is 0 Å². The quantitative estimate of drug-likeness (QED) is 0.858. The third-order valence-electron chi connectivity index (χ3n) is 3.48. The minimum atomic E-state index is -0.293. The average molecular weight is 236 g/mol. The van der Waals surface area contributed by atoms with E-state index in [-0.39, 0.29) is 11.2 Å². The smallest absolute Gasteiger partial charge is 0.223 e. The summed E-state index contributed by atoms with van der Waals surface area (Å²) in [5.41, 5.74) is 0.372. The first-order valence-electron chi connectivity index (χ1n) is 6.30. The summed E-state index contributed by atoms with van der Waals surface area (Å²) in [6.45, 7) is 6.18. The predicted octanol–water partition coefficient (Wildman–Crippen LogP) is 1.35. The van der Waals surface area contributed by atoms with E-state index >= 15 is 0 Å². The first-order valence-corrected chi connectivity index (χ1v) is 6.30. The van der Waals surface area contributed by atoms with Crippen molar-refractivity contribution >= 4 is 0 Å². The second-order valence-corrected chi connectivity index (χ2v) is 4.71. The molecule has 1 aromatic heterocycles. The van der Waals surface area contributed by atoms with Crippen LogP contribution < -0.4 is 5.43 Å². The molecule has 4 nitrogen and oxygen atoms in total. The number of aryl methyl sites for hydroxylation is 1. The highest BCUT2D eigenvalue weighted by Gasteiger charge is 2.11. The first-order chi connectivity index (χ1) is 8.18. The van der Waals surface area contributed by atoms with Crippen molar-refractivity contribution in [2.75, 3.05) is 19.6 Å². The van der Waals surface area contributed by atoms with Crippen molar-refractivity contribution in [1.82, 2.24) is 9.47 Å². The lowest BCUT2D eigenvalue weighted by Gasteiger charge is -2.16. The number of hydrogen-bond donors (Lipinski definition) is 1.